The molecule has 2 aromatic rings. The molecule has 0 aliphatic carbocycles. The largest absolute Gasteiger partial charge is 0.313 e. The molecule has 2 rings (SSSR count). The van der Waals surface area contributed by atoms with Crippen molar-refractivity contribution in [3.05, 3.63) is 48.0 Å². The van der Waals surface area contributed by atoms with Crippen molar-refractivity contribution in [3.63, 3.8) is 0 Å². The van der Waals surface area contributed by atoms with E-state index in [1.165, 1.54) is 17.5 Å². The van der Waals surface area contributed by atoms with Gasteiger partial charge in [-0.15, -0.1) is 0 Å². The van der Waals surface area contributed by atoms with Crippen LogP contribution in [-0.2, 0) is 13.1 Å². The molecule has 0 aliphatic rings. The third kappa shape index (κ3) is 3.67. The van der Waals surface area contributed by atoms with Crippen LogP contribution in [0.15, 0.2) is 36.9 Å². The molecule has 4 heteroatoms. The summed E-state index contributed by atoms with van der Waals surface area (Å²) >= 11 is 0. The van der Waals surface area contributed by atoms with Crippen LogP contribution in [0.25, 0.3) is 0 Å². The van der Waals surface area contributed by atoms with Gasteiger partial charge in [0.15, 0.2) is 0 Å². The molecule has 0 bridgehead atoms. The minimum Gasteiger partial charge on any atom is -0.313 e. The summed E-state index contributed by atoms with van der Waals surface area (Å²) < 4.78 is 1.83. The van der Waals surface area contributed by atoms with Gasteiger partial charge in [0.05, 0.1) is 6.54 Å². The first-order chi connectivity index (χ1) is 8.38. The highest BCUT2D eigenvalue weighted by Gasteiger charge is 1.98. The van der Waals surface area contributed by atoms with Crippen molar-refractivity contribution in [2.45, 2.75) is 26.4 Å². The molecule has 0 fully saturated rings. The van der Waals surface area contributed by atoms with Crippen LogP contribution in [0.1, 0.15) is 24.5 Å². The van der Waals surface area contributed by atoms with Crippen LogP contribution in [0.5, 0.6) is 0 Å². The average Bonchev–Trinajstić information content (AvgIpc) is 2.83. The first kappa shape index (κ1) is 11.8. The van der Waals surface area contributed by atoms with Crippen molar-refractivity contribution < 1.29 is 0 Å². The van der Waals surface area contributed by atoms with Crippen molar-refractivity contribution in [1.29, 1.82) is 0 Å². The Bertz CT molecular complexity index is 436. The molecule has 1 N–H and O–H groups in total. The molecule has 0 unspecified atom stereocenters. The third-order valence-corrected chi connectivity index (χ3v) is 2.56. The molecule has 0 radical (unpaired) electrons. The number of benzene rings is 1. The van der Waals surface area contributed by atoms with E-state index in [-0.39, 0.29) is 0 Å². The molecular formula is C13H18N4. The summed E-state index contributed by atoms with van der Waals surface area (Å²) in [5.74, 6) is 0. The summed E-state index contributed by atoms with van der Waals surface area (Å²) in [6.45, 7) is 4.95. The highest BCUT2D eigenvalue weighted by atomic mass is 15.3. The maximum Gasteiger partial charge on any atom is 0.137 e. The predicted molar refractivity (Wildman–Crippen MR) is 67.6 cm³/mol. The molecular weight excluding hydrogens is 212 g/mol. The standard InChI is InChI=1S/C13H18N4/c1-2-6-14-8-12-4-3-5-13(7-12)9-17-11-15-10-16-17/h3-5,7,10-11,14H,2,6,8-9H2,1H3. The number of aromatic nitrogens is 3. The Morgan fingerprint density at radius 3 is 2.94 bits per heavy atom. The molecule has 17 heavy (non-hydrogen) atoms. The van der Waals surface area contributed by atoms with Gasteiger partial charge in [-0.2, -0.15) is 5.10 Å². The minimum absolute atomic E-state index is 0.779. The summed E-state index contributed by atoms with van der Waals surface area (Å²) in [6, 6.07) is 8.57. The molecule has 0 saturated carbocycles. The topological polar surface area (TPSA) is 42.7 Å². The van der Waals surface area contributed by atoms with Crippen LogP contribution in [0.3, 0.4) is 0 Å². The quantitative estimate of drug-likeness (QED) is 0.770. The number of rotatable bonds is 6. The van der Waals surface area contributed by atoms with E-state index in [4.69, 9.17) is 0 Å². The van der Waals surface area contributed by atoms with Crippen LogP contribution in [0, 0.1) is 0 Å². The van der Waals surface area contributed by atoms with Crippen molar-refractivity contribution in [1.82, 2.24) is 20.1 Å². The van der Waals surface area contributed by atoms with Crippen LogP contribution in [0.2, 0.25) is 0 Å². The lowest BCUT2D eigenvalue weighted by Gasteiger charge is -2.06. The molecule has 90 valence electrons. The Labute approximate surface area is 102 Å². The van der Waals surface area contributed by atoms with Crippen LogP contribution in [0.4, 0.5) is 0 Å². The number of hydrogen-bond donors (Lipinski definition) is 1. The first-order valence-corrected chi connectivity index (χ1v) is 5.99. The summed E-state index contributed by atoms with van der Waals surface area (Å²) in [4.78, 5) is 3.94. The second kappa shape index (κ2) is 6.15. The Kier molecular flexibility index (Phi) is 4.27. The SMILES string of the molecule is CCCNCc1cccc(Cn2cncn2)c1. The smallest absolute Gasteiger partial charge is 0.137 e. The molecule has 0 saturated heterocycles. The lowest BCUT2D eigenvalue weighted by Crippen LogP contribution is -2.14. The molecule has 0 amide bonds. The zero-order chi connectivity index (χ0) is 11.9. The van der Waals surface area contributed by atoms with Gasteiger partial charge in [-0.25, -0.2) is 9.67 Å². The molecule has 0 aliphatic heterocycles. The molecule has 1 aromatic carbocycles. The lowest BCUT2D eigenvalue weighted by atomic mass is 10.1. The second-order valence-electron chi connectivity index (χ2n) is 4.09. The molecule has 4 nitrogen and oxygen atoms in total. The van der Waals surface area contributed by atoms with Crippen molar-refractivity contribution in [2.75, 3.05) is 6.54 Å². The van der Waals surface area contributed by atoms with Gasteiger partial charge in [-0.3, -0.25) is 0 Å². The van der Waals surface area contributed by atoms with Gasteiger partial charge in [0.1, 0.15) is 12.7 Å². The molecule has 0 atom stereocenters. The Morgan fingerprint density at radius 1 is 1.29 bits per heavy atom. The van der Waals surface area contributed by atoms with E-state index in [2.05, 4.69) is 46.6 Å². The number of nitrogens with zero attached hydrogens (tertiary/aromatic N) is 3. The van der Waals surface area contributed by atoms with Crippen molar-refractivity contribution in [2.24, 2.45) is 0 Å². The number of nitrogens with one attached hydrogen (secondary N) is 1. The monoisotopic (exact) mass is 230 g/mol. The van der Waals surface area contributed by atoms with Crippen LogP contribution in [-0.4, -0.2) is 21.3 Å². The highest BCUT2D eigenvalue weighted by Crippen LogP contribution is 2.06. The normalized spacial score (nSPS) is 10.6. The van der Waals surface area contributed by atoms with E-state index in [1.54, 1.807) is 12.7 Å². The molecule has 0 spiro atoms. The van der Waals surface area contributed by atoms with Gasteiger partial charge >= 0.3 is 0 Å². The Balaban J connectivity index is 1.96. The Hall–Kier alpha value is -1.68. The van der Waals surface area contributed by atoms with Gasteiger partial charge in [-0.1, -0.05) is 31.2 Å². The summed E-state index contributed by atoms with van der Waals surface area (Å²) in [5, 5.41) is 7.51. The van der Waals surface area contributed by atoms with E-state index < -0.39 is 0 Å². The molecule has 1 aromatic heterocycles. The van der Waals surface area contributed by atoms with Gasteiger partial charge < -0.3 is 5.32 Å². The van der Waals surface area contributed by atoms with E-state index in [0.29, 0.717) is 0 Å². The van der Waals surface area contributed by atoms with E-state index >= 15 is 0 Å². The fourth-order valence-electron chi connectivity index (χ4n) is 1.75. The summed E-state index contributed by atoms with van der Waals surface area (Å²) in [7, 11) is 0. The van der Waals surface area contributed by atoms with Gasteiger partial charge in [0, 0.05) is 6.54 Å². The van der Waals surface area contributed by atoms with Gasteiger partial charge in [0.2, 0.25) is 0 Å². The van der Waals surface area contributed by atoms with E-state index in [1.807, 2.05) is 4.68 Å². The zero-order valence-corrected chi connectivity index (χ0v) is 10.1. The fourth-order valence-corrected chi connectivity index (χ4v) is 1.75. The predicted octanol–water partition coefficient (Wildman–Crippen LogP) is 1.83. The lowest BCUT2D eigenvalue weighted by molar-refractivity contribution is 0.668. The number of hydrogen-bond acceptors (Lipinski definition) is 3. The maximum absolute atomic E-state index is 4.11. The Morgan fingerprint density at radius 2 is 2.18 bits per heavy atom. The van der Waals surface area contributed by atoms with Crippen LogP contribution >= 0.6 is 0 Å². The maximum atomic E-state index is 4.11. The van der Waals surface area contributed by atoms with E-state index in [9.17, 15) is 0 Å². The van der Waals surface area contributed by atoms with Gasteiger partial charge in [-0.05, 0) is 24.1 Å². The first-order valence-electron chi connectivity index (χ1n) is 5.99. The van der Waals surface area contributed by atoms with Gasteiger partial charge in [0.25, 0.3) is 0 Å². The van der Waals surface area contributed by atoms with Crippen LogP contribution < -0.4 is 5.32 Å². The van der Waals surface area contributed by atoms with E-state index in [0.717, 1.165) is 19.6 Å². The highest BCUT2D eigenvalue weighted by molar-refractivity contribution is 5.23. The third-order valence-electron chi connectivity index (χ3n) is 2.56. The summed E-state index contributed by atoms with van der Waals surface area (Å²) in [5.41, 5.74) is 2.57. The van der Waals surface area contributed by atoms with Crippen molar-refractivity contribution >= 4 is 0 Å². The molecule has 1 heterocycles. The van der Waals surface area contributed by atoms with Crippen molar-refractivity contribution in [3.8, 4) is 0 Å². The fraction of sp³-hybridized carbons (Fsp3) is 0.385. The summed E-state index contributed by atoms with van der Waals surface area (Å²) in [6.07, 6.45) is 4.47. The second-order valence-corrected chi connectivity index (χ2v) is 4.09. The average molecular weight is 230 g/mol. The minimum atomic E-state index is 0.779. The zero-order valence-electron chi connectivity index (χ0n) is 10.1.